The molecule has 0 aliphatic carbocycles. The first-order chi connectivity index (χ1) is 19.7. The first-order valence-electron chi connectivity index (χ1n) is 15.2. The molecule has 0 spiro atoms. The van der Waals surface area contributed by atoms with E-state index in [1.54, 1.807) is 48.5 Å². The molecule has 0 saturated carbocycles. The largest absolute Gasteiger partial charge is 0.381 e. The van der Waals surface area contributed by atoms with Crippen LogP contribution in [0.25, 0.3) is 0 Å². The van der Waals surface area contributed by atoms with Gasteiger partial charge in [-0.1, -0.05) is 99.6 Å². The fraction of sp³-hybridized carbons (Fsp3) is 0.625. The van der Waals surface area contributed by atoms with Crippen LogP contribution in [0.4, 0.5) is 0 Å². The Morgan fingerprint density at radius 3 is 1.00 bits per heavy atom. The van der Waals surface area contributed by atoms with Crippen LogP contribution in [0.5, 0.6) is 0 Å². The van der Waals surface area contributed by atoms with E-state index in [-0.39, 0.29) is 23.0 Å². The SMILES string of the molecule is Cc1ccc(S(=O)(=O)OCCCCCCCCCOCCCCCCCCCOS(=O)(=O)c2ccc(C)cc2)cc1. The predicted molar refractivity (Wildman–Crippen MR) is 164 cm³/mol. The fourth-order valence-corrected chi connectivity index (χ4v) is 6.25. The van der Waals surface area contributed by atoms with Crippen LogP contribution < -0.4 is 0 Å². The third-order valence-electron chi connectivity index (χ3n) is 6.96. The lowest BCUT2D eigenvalue weighted by Gasteiger charge is -2.07. The van der Waals surface area contributed by atoms with Gasteiger partial charge >= 0.3 is 0 Å². The smallest absolute Gasteiger partial charge is 0.296 e. The van der Waals surface area contributed by atoms with Gasteiger partial charge in [0, 0.05) is 13.2 Å². The average molecular weight is 611 g/mol. The first kappa shape index (κ1) is 35.4. The molecular weight excluding hydrogens is 560 g/mol. The van der Waals surface area contributed by atoms with E-state index in [9.17, 15) is 16.8 Å². The maximum absolute atomic E-state index is 12.1. The monoisotopic (exact) mass is 610 g/mol. The van der Waals surface area contributed by atoms with Crippen molar-refractivity contribution in [3.8, 4) is 0 Å². The molecule has 0 atom stereocenters. The summed E-state index contributed by atoms with van der Waals surface area (Å²) >= 11 is 0. The molecule has 0 N–H and O–H groups in total. The van der Waals surface area contributed by atoms with E-state index in [1.165, 1.54) is 12.8 Å². The Labute approximate surface area is 249 Å². The molecule has 232 valence electrons. The van der Waals surface area contributed by atoms with Gasteiger partial charge in [0.25, 0.3) is 20.2 Å². The Kier molecular flexibility index (Phi) is 17.4. The third kappa shape index (κ3) is 15.9. The van der Waals surface area contributed by atoms with Crippen LogP contribution in [0.2, 0.25) is 0 Å². The van der Waals surface area contributed by atoms with Gasteiger partial charge in [-0.25, -0.2) is 0 Å². The number of hydrogen-bond donors (Lipinski definition) is 0. The van der Waals surface area contributed by atoms with Crippen LogP contribution in [0.15, 0.2) is 58.3 Å². The van der Waals surface area contributed by atoms with Crippen LogP contribution in [0, 0.1) is 13.8 Å². The molecule has 0 aliphatic heterocycles. The van der Waals surface area contributed by atoms with Crippen molar-refractivity contribution in [2.75, 3.05) is 26.4 Å². The van der Waals surface area contributed by atoms with Crippen LogP contribution in [0.1, 0.15) is 101 Å². The molecule has 0 radical (unpaired) electrons. The second-order valence-corrected chi connectivity index (χ2v) is 14.0. The number of hydrogen-bond acceptors (Lipinski definition) is 7. The Morgan fingerprint density at radius 1 is 0.415 bits per heavy atom. The van der Waals surface area contributed by atoms with Gasteiger partial charge < -0.3 is 4.74 Å². The zero-order valence-corrected chi connectivity index (χ0v) is 26.7. The van der Waals surface area contributed by atoms with Crippen LogP contribution in [-0.4, -0.2) is 43.3 Å². The van der Waals surface area contributed by atoms with Crippen molar-refractivity contribution in [2.45, 2.75) is 114 Å². The van der Waals surface area contributed by atoms with Gasteiger partial charge in [-0.15, -0.1) is 0 Å². The highest BCUT2D eigenvalue weighted by Gasteiger charge is 2.15. The number of ether oxygens (including phenoxy) is 1. The van der Waals surface area contributed by atoms with Gasteiger partial charge in [-0.3, -0.25) is 8.37 Å². The molecule has 0 fully saturated rings. The van der Waals surface area contributed by atoms with E-state index in [4.69, 9.17) is 13.1 Å². The minimum Gasteiger partial charge on any atom is -0.381 e. The lowest BCUT2D eigenvalue weighted by molar-refractivity contribution is 0.125. The topological polar surface area (TPSA) is 96.0 Å². The number of unbranched alkanes of at least 4 members (excludes halogenated alkanes) is 12. The van der Waals surface area contributed by atoms with E-state index in [0.29, 0.717) is 0 Å². The van der Waals surface area contributed by atoms with E-state index in [2.05, 4.69) is 0 Å². The fourth-order valence-electron chi connectivity index (χ4n) is 4.37. The van der Waals surface area contributed by atoms with Gasteiger partial charge in [0.1, 0.15) is 0 Å². The van der Waals surface area contributed by atoms with Gasteiger partial charge in [-0.05, 0) is 63.8 Å². The van der Waals surface area contributed by atoms with Crippen molar-refractivity contribution in [3.05, 3.63) is 59.7 Å². The molecular formula is C32H50O7S2. The van der Waals surface area contributed by atoms with Gasteiger partial charge in [0.15, 0.2) is 0 Å². The highest BCUT2D eigenvalue weighted by Crippen LogP contribution is 2.16. The molecule has 9 heteroatoms. The molecule has 0 bridgehead atoms. The minimum atomic E-state index is -3.65. The summed E-state index contributed by atoms with van der Waals surface area (Å²) in [4.78, 5) is 0.435. The van der Waals surface area contributed by atoms with Crippen molar-refractivity contribution in [1.29, 1.82) is 0 Å². The highest BCUT2D eigenvalue weighted by molar-refractivity contribution is 7.87. The van der Waals surface area contributed by atoms with Crippen LogP contribution in [0.3, 0.4) is 0 Å². The molecule has 0 amide bonds. The summed E-state index contributed by atoms with van der Waals surface area (Å²) in [6.45, 7) is 5.95. The maximum Gasteiger partial charge on any atom is 0.296 e. The van der Waals surface area contributed by atoms with Gasteiger partial charge in [-0.2, -0.15) is 16.8 Å². The summed E-state index contributed by atoms with van der Waals surface area (Å²) in [6.07, 6.45) is 14.8. The summed E-state index contributed by atoms with van der Waals surface area (Å²) in [7, 11) is -7.30. The Morgan fingerprint density at radius 2 is 0.683 bits per heavy atom. The second kappa shape index (κ2) is 20.2. The van der Waals surface area contributed by atoms with Crippen LogP contribution >= 0.6 is 0 Å². The Bertz CT molecular complexity index is 1070. The van der Waals surface area contributed by atoms with Crippen molar-refractivity contribution >= 4 is 20.2 Å². The van der Waals surface area contributed by atoms with Crippen molar-refractivity contribution < 1.29 is 29.9 Å². The molecule has 7 nitrogen and oxygen atoms in total. The van der Waals surface area contributed by atoms with Gasteiger partial charge in [0.05, 0.1) is 23.0 Å². The molecule has 0 aliphatic rings. The molecule has 0 unspecified atom stereocenters. The molecule has 41 heavy (non-hydrogen) atoms. The van der Waals surface area contributed by atoms with E-state index in [1.807, 2.05) is 13.8 Å². The van der Waals surface area contributed by atoms with E-state index < -0.39 is 20.2 Å². The number of rotatable bonds is 24. The van der Waals surface area contributed by atoms with E-state index in [0.717, 1.165) is 101 Å². The summed E-state index contributed by atoms with van der Waals surface area (Å²) in [6, 6.07) is 13.4. The average Bonchev–Trinajstić information content (AvgIpc) is 2.94. The highest BCUT2D eigenvalue weighted by atomic mass is 32.2. The first-order valence-corrected chi connectivity index (χ1v) is 18.0. The second-order valence-electron chi connectivity index (χ2n) is 10.7. The van der Waals surface area contributed by atoms with E-state index >= 15 is 0 Å². The number of aryl methyl sites for hydroxylation is 2. The molecule has 2 aromatic carbocycles. The maximum atomic E-state index is 12.1. The summed E-state index contributed by atoms with van der Waals surface area (Å²) in [5.41, 5.74) is 2.04. The lowest BCUT2D eigenvalue weighted by atomic mass is 10.1. The van der Waals surface area contributed by atoms with Crippen molar-refractivity contribution in [1.82, 2.24) is 0 Å². The normalized spacial score (nSPS) is 12.1. The minimum absolute atomic E-state index is 0.218. The molecule has 2 aromatic rings. The Balaban J connectivity index is 1.29. The molecule has 2 rings (SSSR count). The lowest BCUT2D eigenvalue weighted by Crippen LogP contribution is -2.07. The molecule has 0 heterocycles. The van der Waals surface area contributed by atoms with Crippen molar-refractivity contribution in [3.63, 3.8) is 0 Å². The summed E-state index contributed by atoms with van der Waals surface area (Å²) in [5.74, 6) is 0. The summed E-state index contributed by atoms with van der Waals surface area (Å²) < 4.78 is 64.6. The van der Waals surface area contributed by atoms with Crippen molar-refractivity contribution in [2.24, 2.45) is 0 Å². The quantitative estimate of drug-likeness (QED) is 0.0881. The third-order valence-corrected chi connectivity index (χ3v) is 9.62. The predicted octanol–water partition coefficient (Wildman–Crippen LogP) is 7.89. The molecule has 0 aromatic heterocycles. The van der Waals surface area contributed by atoms with Crippen LogP contribution in [-0.2, 0) is 33.3 Å². The summed E-state index contributed by atoms with van der Waals surface area (Å²) in [5, 5.41) is 0. The zero-order chi connectivity index (χ0) is 29.8. The molecule has 0 saturated heterocycles. The van der Waals surface area contributed by atoms with Gasteiger partial charge in [0.2, 0.25) is 0 Å². The Hall–Kier alpha value is -1.78. The zero-order valence-electron chi connectivity index (χ0n) is 25.0. The standard InChI is InChI=1S/C32H50O7S2/c1-29-17-21-31(22-18-29)40(33,34)38-27-15-11-7-3-5-9-13-25-37-26-14-10-6-4-8-12-16-28-39-41(35,36)32-23-19-30(2)20-24-32/h17-24H,3-16,25-28H2,1-2H3. The number of benzene rings is 2.